The van der Waals surface area contributed by atoms with Crippen LogP contribution in [0.5, 0.6) is 0 Å². The highest BCUT2D eigenvalue weighted by Crippen LogP contribution is 2.14. The molecule has 1 unspecified atom stereocenters. The lowest BCUT2D eigenvalue weighted by atomic mass is 10.1. The smallest absolute Gasteiger partial charge is 0.315 e. The molecule has 7 nitrogen and oxygen atoms in total. The number of nitrogens with one attached hydrogen (secondary N) is 2. The monoisotopic (exact) mass is 280 g/mol. The molecule has 1 atom stereocenters. The van der Waals surface area contributed by atoms with Crippen LogP contribution in [0.15, 0.2) is 24.3 Å². The van der Waals surface area contributed by atoms with Crippen LogP contribution in [0.4, 0.5) is 11.4 Å². The van der Waals surface area contributed by atoms with E-state index in [1.807, 2.05) is 0 Å². The number of carboxylic acid groups (broad SMARTS) is 1. The van der Waals surface area contributed by atoms with E-state index in [4.69, 9.17) is 5.11 Å². The number of rotatable bonds is 6. The lowest BCUT2D eigenvalue weighted by molar-refractivity contribution is -0.144. The van der Waals surface area contributed by atoms with Crippen LogP contribution in [0.3, 0.4) is 0 Å². The van der Waals surface area contributed by atoms with Crippen LogP contribution in [0.1, 0.15) is 6.92 Å². The van der Waals surface area contributed by atoms with Gasteiger partial charge < -0.3 is 20.5 Å². The van der Waals surface area contributed by atoms with Crippen molar-refractivity contribution in [2.45, 2.75) is 6.92 Å². The highest BCUT2D eigenvalue weighted by molar-refractivity contribution is 6.04. The van der Waals surface area contributed by atoms with Gasteiger partial charge in [-0.15, -0.1) is 0 Å². The van der Waals surface area contributed by atoms with E-state index >= 15 is 0 Å². The standard InChI is InChI=1S/C13H16N2O5/c1-8(13(18)19)12(17)15-10-5-3-9(4-6-10)14-11(16)7-20-2/h3-6,8H,7H2,1-2H3,(H,14,16)(H,15,17)(H,18,19). The van der Waals surface area contributed by atoms with Gasteiger partial charge in [-0.2, -0.15) is 0 Å². The lowest BCUT2D eigenvalue weighted by Crippen LogP contribution is -2.26. The zero-order valence-electron chi connectivity index (χ0n) is 11.2. The predicted molar refractivity (Wildman–Crippen MR) is 72.4 cm³/mol. The molecule has 0 aromatic heterocycles. The second kappa shape index (κ2) is 7.25. The number of ether oxygens (including phenoxy) is 1. The summed E-state index contributed by atoms with van der Waals surface area (Å²) in [6.07, 6.45) is 0. The maximum Gasteiger partial charge on any atom is 0.315 e. The molecule has 0 saturated carbocycles. The molecule has 1 rings (SSSR count). The van der Waals surface area contributed by atoms with E-state index in [2.05, 4.69) is 15.4 Å². The Hall–Kier alpha value is -2.41. The number of anilines is 2. The minimum atomic E-state index is -1.19. The first kappa shape index (κ1) is 15.6. The van der Waals surface area contributed by atoms with Crippen LogP contribution in [-0.4, -0.2) is 36.6 Å². The number of aliphatic carboxylic acids is 1. The van der Waals surface area contributed by atoms with Gasteiger partial charge in [-0.25, -0.2) is 0 Å². The Balaban J connectivity index is 2.61. The predicted octanol–water partition coefficient (Wildman–Crippen LogP) is 0.931. The molecule has 7 heteroatoms. The van der Waals surface area contributed by atoms with Crippen molar-refractivity contribution in [3.05, 3.63) is 24.3 Å². The van der Waals surface area contributed by atoms with E-state index in [0.29, 0.717) is 11.4 Å². The molecule has 0 aliphatic carbocycles. The number of hydrogen-bond acceptors (Lipinski definition) is 4. The Bertz CT molecular complexity index is 498. The Labute approximate surface area is 115 Å². The summed E-state index contributed by atoms with van der Waals surface area (Å²) in [5, 5.41) is 13.8. The molecule has 1 aromatic carbocycles. The highest BCUT2D eigenvalue weighted by Gasteiger charge is 2.20. The molecule has 0 heterocycles. The normalized spacial score (nSPS) is 11.5. The highest BCUT2D eigenvalue weighted by atomic mass is 16.5. The molecule has 0 bridgehead atoms. The Morgan fingerprint density at radius 3 is 2.10 bits per heavy atom. The minimum absolute atomic E-state index is 0.0470. The van der Waals surface area contributed by atoms with Crippen LogP contribution < -0.4 is 10.6 Å². The van der Waals surface area contributed by atoms with Crippen LogP contribution in [-0.2, 0) is 19.1 Å². The summed E-state index contributed by atoms with van der Waals surface area (Å²) in [4.78, 5) is 33.4. The molecule has 3 N–H and O–H groups in total. The zero-order valence-corrected chi connectivity index (χ0v) is 11.2. The molecular formula is C13H16N2O5. The van der Waals surface area contributed by atoms with Crippen LogP contribution in [0.25, 0.3) is 0 Å². The van der Waals surface area contributed by atoms with Gasteiger partial charge in [0.1, 0.15) is 12.5 Å². The Morgan fingerprint density at radius 2 is 1.65 bits per heavy atom. The summed E-state index contributed by atoms with van der Waals surface area (Å²) in [6, 6.07) is 6.31. The number of carbonyl (C=O) groups is 3. The van der Waals surface area contributed by atoms with E-state index in [1.54, 1.807) is 24.3 Å². The van der Waals surface area contributed by atoms with Gasteiger partial charge >= 0.3 is 5.97 Å². The third kappa shape index (κ3) is 4.69. The SMILES string of the molecule is COCC(=O)Nc1ccc(NC(=O)C(C)C(=O)O)cc1. The topological polar surface area (TPSA) is 105 Å². The van der Waals surface area contributed by atoms with Crippen molar-refractivity contribution >= 4 is 29.2 Å². The molecule has 0 saturated heterocycles. The van der Waals surface area contributed by atoms with Gasteiger partial charge in [0.15, 0.2) is 0 Å². The summed E-state index contributed by atoms with van der Waals surface area (Å²) >= 11 is 0. The fourth-order valence-electron chi connectivity index (χ4n) is 1.33. The largest absolute Gasteiger partial charge is 0.481 e. The number of hydrogen-bond donors (Lipinski definition) is 3. The van der Waals surface area contributed by atoms with Gasteiger partial charge in [-0.05, 0) is 31.2 Å². The first-order valence-electron chi connectivity index (χ1n) is 5.86. The first-order chi connectivity index (χ1) is 9.43. The van der Waals surface area contributed by atoms with Crippen LogP contribution in [0, 0.1) is 5.92 Å². The Morgan fingerprint density at radius 1 is 1.15 bits per heavy atom. The number of carbonyl (C=O) groups excluding carboxylic acids is 2. The van der Waals surface area contributed by atoms with Crippen molar-refractivity contribution in [1.29, 1.82) is 0 Å². The Kier molecular flexibility index (Phi) is 5.67. The summed E-state index contributed by atoms with van der Waals surface area (Å²) in [5.74, 6) is -3.21. The van der Waals surface area contributed by atoms with Crippen LogP contribution in [0.2, 0.25) is 0 Å². The van der Waals surface area contributed by atoms with Gasteiger partial charge in [0.25, 0.3) is 0 Å². The molecule has 0 aliphatic rings. The molecule has 1 aromatic rings. The molecule has 2 amide bonds. The second-order valence-corrected chi connectivity index (χ2v) is 4.11. The van der Waals surface area contributed by atoms with Gasteiger partial charge in [-0.1, -0.05) is 0 Å². The molecular weight excluding hydrogens is 264 g/mol. The number of methoxy groups -OCH3 is 1. The van der Waals surface area contributed by atoms with Crippen molar-refractivity contribution in [2.75, 3.05) is 24.4 Å². The maximum atomic E-state index is 11.5. The van der Waals surface area contributed by atoms with Crippen molar-refractivity contribution in [2.24, 2.45) is 5.92 Å². The number of amides is 2. The lowest BCUT2D eigenvalue weighted by Gasteiger charge is -2.09. The van der Waals surface area contributed by atoms with Crippen LogP contribution >= 0.6 is 0 Å². The second-order valence-electron chi connectivity index (χ2n) is 4.11. The van der Waals surface area contributed by atoms with Gasteiger partial charge in [0.2, 0.25) is 11.8 Å². The summed E-state index contributed by atoms with van der Waals surface area (Å²) < 4.78 is 4.68. The van der Waals surface area contributed by atoms with Crippen molar-refractivity contribution in [1.82, 2.24) is 0 Å². The molecule has 108 valence electrons. The van der Waals surface area contributed by atoms with E-state index in [1.165, 1.54) is 14.0 Å². The first-order valence-corrected chi connectivity index (χ1v) is 5.86. The average Bonchev–Trinajstić information content (AvgIpc) is 2.40. The molecule has 0 aliphatic heterocycles. The fourth-order valence-corrected chi connectivity index (χ4v) is 1.33. The number of carboxylic acids is 1. The maximum absolute atomic E-state index is 11.5. The summed E-state index contributed by atoms with van der Waals surface area (Å²) in [6.45, 7) is 1.26. The van der Waals surface area contributed by atoms with Crippen molar-refractivity contribution in [3.8, 4) is 0 Å². The van der Waals surface area contributed by atoms with E-state index in [9.17, 15) is 14.4 Å². The van der Waals surface area contributed by atoms with E-state index in [0.717, 1.165) is 0 Å². The summed E-state index contributed by atoms with van der Waals surface area (Å²) in [5.41, 5.74) is 1.00. The molecule has 20 heavy (non-hydrogen) atoms. The van der Waals surface area contributed by atoms with E-state index in [-0.39, 0.29) is 12.5 Å². The molecule has 0 spiro atoms. The van der Waals surface area contributed by atoms with Gasteiger partial charge in [-0.3, -0.25) is 14.4 Å². The van der Waals surface area contributed by atoms with Crippen molar-refractivity contribution < 1.29 is 24.2 Å². The minimum Gasteiger partial charge on any atom is -0.481 e. The van der Waals surface area contributed by atoms with Gasteiger partial charge in [0.05, 0.1) is 0 Å². The van der Waals surface area contributed by atoms with E-state index < -0.39 is 17.8 Å². The fraction of sp³-hybridized carbons (Fsp3) is 0.308. The number of benzene rings is 1. The quantitative estimate of drug-likeness (QED) is 0.672. The average molecular weight is 280 g/mol. The van der Waals surface area contributed by atoms with Crippen molar-refractivity contribution in [3.63, 3.8) is 0 Å². The molecule has 0 fully saturated rings. The third-order valence-corrected chi connectivity index (χ3v) is 2.48. The third-order valence-electron chi connectivity index (χ3n) is 2.48. The van der Waals surface area contributed by atoms with Gasteiger partial charge in [0, 0.05) is 18.5 Å². The molecule has 0 radical (unpaired) electrons. The summed E-state index contributed by atoms with van der Waals surface area (Å²) in [7, 11) is 1.42. The zero-order chi connectivity index (χ0) is 15.1.